The van der Waals surface area contributed by atoms with Gasteiger partial charge in [-0.25, -0.2) is 8.42 Å². The summed E-state index contributed by atoms with van der Waals surface area (Å²) in [5.41, 5.74) is 0.0799. The summed E-state index contributed by atoms with van der Waals surface area (Å²) in [4.78, 5) is 11.0. The SMILES string of the molecule is CC1CCN(S(=O)(=O)c2ccc(NCC(C)Cn3cccn3)c([N+](=O)[O-])c2)CC1. The van der Waals surface area contributed by atoms with Gasteiger partial charge in [0.2, 0.25) is 10.0 Å². The molecule has 1 unspecified atom stereocenters. The number of rotatable bonds is 8. The van der Waals surface area contributed by atoms with Crippen molar-refractivity contribution in [3.8, 4) is 0 Å². The first kappa shape index (κ1) is 21.3. The molecule has 0 spiro atoms. The highest BCUT2D eigenvalue weighted by Gasteiger charge is 2.30. The van der Waals surface area contributed by atoms with Gasteiger partial charge in [-0.2, -0.15) is 9.40 Å². The van der Waals surface area contributed by atoms with Crippen molar-refractivity contribution in [2.75, 3.05) is 25.0 Å². The normalized spacial score (nSPS) is 17.2. The van der Waals surface area contributed by atoms with Crippen LogP contribution >= 0.6 is 0 Å². The Morgan fingerprint density at radius 2 is 2.07 bits per heavy atom. The van der Waals surface area contributed by atoms with E-state index < -0.39 is 14.9 Å². The van der Waals surface area contributed by atoms with Crippen LogP contribution < -0.4 is 5.32 Å². The van der Waals surface area contributed by atoms with E-state index in [0.29, 0.717) is 37.8 Å². The Bertz CT molecular complexity index is 938. The number of sulfonamides is 1. The quantitative estimate of drug-likeness (QED) is 0.518. The molecule has 0 saturated carbocycles. The van der Waals surface area contributed by atoms with Crippen molar-refractivity contribution >= 4 is 21.4 Å². The number of nitro benzene ring substituents is 1. The van der Waals surface area contributed by atoms with Crippen LogP contribution in [0, 0.1) is 22.0 Å². The maximum absolute atomic E-state index is 12.9. The van der Waals surface area contributed by atoms with Crippen LogP contribution in [0.3, 0.4) is 0 Å². The van der Waals surface area contributed by atoms with Gasteiger partial charge < -0.3 is 5.32 Å². The second kappa shape index (κ2) is 8.91. The van der Waals surface area contributed by atoms with E-state index in [9.17, 15) is 18.5 Å². The maximum Gasteiger partial charge on any atom is 0.293 e. The van der Waals surface area contributed by atoms with Crippen LogP contribution in [0.15, 0.2) is 41.6 Å². The Morgan fingerprint density at radius 1 is 1.34 bits per heavy atom. The van der Waals surface area contributed by atoms with Crippen LogP contribution in [-0.2, 0) is 16.6 Å². The summed E-state index contributed by atoms with van der Waals surface area (Å²) in [5.74, 6) is 0.666. The monoisotopic (exact) mass is 421 g/mol. The van der Waals surface area contributed by atoms with Gasteiger partial charge in [-0.1, -0.05) is 13.8 Å². The Kier molecular flexibility index (Phi) is 6.53. The summed E-state index contributed by atoms with van der Waals surface area (Å²) in [6, 6.07) is 5.93. The lowest BCUT2D eigenvalue weighted by Crippen LogP contribution is -2.37. The summed E-state index contributed by atoms with van der Waals surface area (Å²) in [6.45, 7) is 6.17. The molecule has 1 fully saturated rings. The number of piperidine rings is 1. The third kappa shape index (κ3) is 5.13. The molecule has 1 aromatic heterocycles. The lowest BCUT2D eigenvalue weighted by molar-refractivity contribution is -0.384. The fourth-order valence-electron chi connectivity index (χ4n) is 3.42. The van der Waals surface area contributed by atoms with E-state index in [1.54, 1.807) is 10.9 Å². The molecule has 2 aromatic rings. The molecule has 0 radical (unpaired) electrons. The first-order valence-corrected chi connectivity index (χ1v) is 11.2. The molecule has 10 heteroatoms. The molecule has 0 amide bonds. The van der Waals surface area contributed by atoms with Crippen molar-refractivity contribution in [3.63, 3.8) is 0 Å². The third-order valence-corrected chi connectivity index (χ3v) is 7.14. The number of hydrogen-bond acceptors (Lipinski definition) is 6. The number of nitro groups is 1. The zero-order chi connectivity index (χ0) is 21.0. The zero-order valence-electron chi connectivity index (χ0n) is 16.7. The molecule has 9 nitrogen and oxygen atoms in total. The van der Waals surface area contributed by atoms with Crippen molar-refractivity contribution in [1.29, 1.82) is 0 Å². The number of anilines is 1. The minimum Gasteiger partial charge on any atom is -0.379 e. The van der Waals surface area contributed by atoms with Crippen molar-refractivity contribution in [2.45, 2.75) is 38.1 Å². The average Bonchev–Trinajstić information content (AvgIpc) is 3.19. The van der Waals surface area contributed by atoms with E-state index in [1.807, 2.05) is 19.2 Å². The van der Waals surface area contributed by atoms with Gasteiger partial charge in [0.05, 0.1) is 9.82 Å². The molecule has 0 bridgehead atoms. The maximum atomic E-state index is 12.9. The molecule has 2 heterocycles. The second-order valence-electron chi connectivity index (χ2n) is 7.74. The van der Waals surface area contributed by atoms with Crippen molar-refractivity contribution in [3.05, 3.63) is 46.8 Å². The highest BCUT2D eigenvalue weighted by Crippen LogP contribution is 2.30. The van der Waals surface area contributed by atoms with Crippen molar-refractivity contribution in [1.82, 2.24) is 14.1 Å². The number of aromatic nitrogens is 2. The highest BCUT2D eigenvalue weighted by atomic mass is 32.2. The molecule has 158 valence electrons. The van der Waals surface area contributed by atoms with Gasteiger partial charge in [-0.3, -0.25) is 14.8 Å². The lowest BCUT2D eigenvalue weighted by atomic mass is 10.0. The van der Waals surface area contributed by atoms with Gasteiger partial charge in [0, 0.05) is 44.6 Å². The summed E-state index contributed by atoms with van der Waals surface area (Å²) < 4.78 is 29.0. The van der Waals surface area contributed by atoms with E-state index in [2.05, 4.69) is 17.3 Å². The zero-order valence-corrected chi connectivity index (χ0v) is 17.5. The molecule has 1 aliphatic heterocycles. The van der Waals surface area contributed by atoms with E-state index in [-0.39, 0.29) is 16.5 Å². The molecule has 1 aliphatic rings. The van der Waals surface area contributed by atoms with Crippen LogP contribution in [-0.4, -0.2) is 47.1 Å². The summed E-state index contributed by atoms with van der Waals surface area (Å²) >= 11 is 0. The molecular formula is C19H27N5O4S. The van der Waals surface area contributed by atoms with Gasteiger partial charge in [0.25, 0.3) is 5.69 Å². The van der Waals surface area contributed by atoms with Gasteiger partial charge in [0.15, 0.2) is 0 Å². The molecule has 1 aromatic carbocycles. The van der Waals surface area contributed by atoms with Crippen LogP contribution in [0.4, 0.5) is 11.4 Å². The Labute approximate surface area is 170 Å². The Morgan fingerprint density at radius 3 is 2.69 bits per heavy atom. The summed E-state index contributed by atoms with van der Waals surface area (Å²) in [6.07, 6.45) is 5.16. The molecular weight excluding hydrogens is 394 g/mol. The predicted molar refractivity (Wildman–Crippen MR) is 110 cm³/mol. The smallest absolute Gasteiger partial charge is 0.293 e. The topological polar surface area (TPSA) is 110 Å². The Hall–Kier alpha value is -2.46. The van der Waals surface area contributed by atoms with E-state index in [1.165, 1.54) is 16.4 Å². The molecule has 0 aliphatic carbocycles. The van der Waals surface area contributed by atoms with Gasteiger partial charge in [-0.15, -0.1) is 0 Å². The number of nitrogens with zero attached hydrogens (tertiary/aromatic N) is 4. The van der Waals surface area contributed by atoms with Gasteiger partial charge in [0.1, 0.15) is 5.69 Å². The molecule has 1 atom stereocenters. The Balaban J connectivity index is 1.74. The largest absolute Gasteiger partial charge is 0.379 e. The standard InChI is InChI=1S/C19H27N5O4S/c1-15-6-10-23(11-7-15)29(27,28)17-4-5-18(19(12-17)24(25)26)20-13-16(2)14-22-9-3-8-21-22/h3-5,8-9,12,15-16,20H,6-7,10-11,13-14H2,1-2H3. The minimum absolute atomic E-state index is 0.0334. The van der Waals surface area contributed by atoms with Gasteiger partial charge >= 0.3 is 0 Å². The van der Waals surface area contributed by atoms with Crippen LogP contribution in [0.5, 0.6) is 0 Å². The molecule has 1 N–H and O–H groups in total. The second-order valence-corrected chi connectivity index (χ2v) is 9.67. The van der Waals surface area contributed by atoms with Crippen molar-refractivity contribution < 1.29 is 13.3 Å². The lowest BCUT2D eigenvalue weighted by Gasteiger charge is -2.29. The van der Waals surface area contributed by atoms with E-state index in [0.717, 1.165) is 18.9 Å². The molecule has 3 rings (SSSR count). The fourth-order valence-corrected chi connectivity index (χ4v) is 4.91. The highest BCUT2D eigenvalue weighted by molar-refractivity contribution is 7.89. The average molecular weight is 422 g/mol. The first-order valence-electron chi connectivity index (χ1n) is 9.77. The number of hydrogen-bond donors (Lipinski definition) is 1. The van der Waals surface area contributed by atoms with Crippen LogP contribution in [0.1, 0.15) is 26.7 Å². The van der Waals surface area contributed by atoms with E-state index >= 15 is 0 Å². The number of nitrogens with one attached hydrogen (secondary N) is 1. The summed E-state index contributed by atoms with van der Waals surface area (Å²) in [5, 5.41) is 18.8. The first-order chi connectivity index (χ1) is 13.8. The molecule has 29 heavy (non-hydrogen) atoms. The molecule has 1 saturated heterocycles. The fraction of sp³-hybridized carbons (Fsp3) is 0.526. The number of benzene rings is 1. The van der Waals surface area contributed by atoms with Crippen LogP contribution in [0.2, 0.25) is 0 Å². The van der Waals surface area contributed by atoms with E-state index in [4.69, 9.17) is 0 Å². The summed E-state index contributed by atoms with van der Waals surface area (Å²) in [7, 11) is -3.73. The minimum atomic E-state index is -3.73. The van der Waals surface area contributed by atoms with Crippen molar-refractivity contribution in [2.24, 2.45) is 11.8 Å². The predicted octanol–water partition coefficient (Wildman–Crippen LogP) is 2.96. The van der Waals surface area contributed by atoms with Crippen LogP contribution in [0.25, 0.3) is 0 Å². The van der Waals surface area contributed by atoms with Gasteiger partial charge in [-0.05, 0) is 42.9 Å². The third-order valence-electron chi connectivity index (χ3n) is 5.25.